The minimum absolute atomic E-state index is 0.368. The lowest BCUT2D eigenvalue weighted by atomic mass is 10.1. The van der Waals surface area contributed by atoms with E-state index in [0.29, 0.717) is 18.1 Å². The minimum Gasteiger partial charge on any atom is -0.487 e. The molecule has 2 heterocycles. The SMILES string of the molecule is Cc1cc(C)cc(OCc2cc(-c3ccco3)on2)c1. The first kappa shape index (κ1) is 12.5. The summed E-state index contributed by atoms with van der Waals surface area (Å²) in [6, 6.07) is 11.6. The number of aryl methyl sites for hydroxylation is 2. The molecular formula is C16H15NO3. The molecule has 0 aliphatic rings. The Morgan fingerprint density at radius 2 is 1.85 bits per heavy atom. The molecule has 102 valence electrons. The molecule has 0 atom stereocenters. The molecule has 20 heavy (non-hydrogen) atoms. The van der Waals surface area contributed by atoms with Gasteiger partial charge in [-0.05, 0) is 49.2 Å². The highest BCUT2D eigenvalue weighted by Crippen LogP contribution is 2.22. The number of ether oxygens (including phenoxy) is 1. The number of benzene rings is 1. The summed E-state index contributed by atoms with van der Waals surface area (Å²) >= 11 is 0. The van der Waals surface area contributed by atoms with E-state index in [0.717, 1.165) is 11.4 Å². The minimum atomic E-state index is 0.368. The summed E-state index contributed by atoms with van der Waals surface area (Å²) < 4.78 is 16.2. The smallest absolute Gasteiger partial charge is 0.202 e. The van der Waals surface area contributed by atoms with Crippen molar-refractivity contribution in [3.63, 3.8) is 0 Å². The number of rotatable bonds is 4. The third-order valence-corrected chi connectivity index (χ3v) is 2.90. The third kappa shape index (κ3) is 2.74. The van der Waals surface area contributed by atoms with Crippen LogP contribution in [0.2, 0.25) is 0 Å². The zero-order valence-corrected chi connectivity index (χ0v) is 11.4. The quantitative estimate of drug-likeness (QED) is 0.714. The van der Waals surface area contributed by atoms with Gasteiger partial charge in [0.1, 0.15) is 18.1 Å². The molecule has 0 aliphatic heterocycles. The average molecular weight is 269 g/mol. The van der Waals surface area contributed by atoms with Gasteiger partial charge >= 0.3 is 0 Å². The Balaban J connectivity index is 1.69. The van der Waals surface area contributed by atoms with E-state index in [4.69, 9.17) is 13.7 Å². The summed E-state index contributed by atoms with van der Waals surface area (Å²) in [7, 11) is 0. The monoisotopic (exact) mass is 269 g/mol. The molecule has 0 aliphatic carbocycles. The maximum atomic E-state index is 5.73. The standard InChI is InChI=1S/C16H15NO3/c1-11-6-12(2)8-14(7-11)19-10-13-9-16(20-17-13)15-4-3-5-18-15/h3-9H,10H2,1-2H3. The molecule has 4 heteroatoms. The van der Waals surface area contributed by atoms with Crippen molar-refractivity contribution in [2.45, 2.75) is 20.5 Å². The van der Waals surface area contributed by atoms with Crippen LogP contribution < -0.4 is 4.74 Å². The van der Waals surface area contributed by atoms with Crippen molar-refractivity contribution >= 4 is 0 Å². The molecule has 1 aromatic carbocycles. The predicted octanol–water partition coefficient (Wildman–Crippen LogP) is 4.13. The lowest BCUT2D eigenvalue weighted by Crippen LogP contribution is -1.96. The van der Waals surface area contributed by atoms with E-state index in [1.165, 1.54) is 11.1 Å². The Bertz CT molecular complexity index is 678. The van der Waals surface area contributed by atoms with Gasteiger partial charge in [0.05, 0.1) is 6.26 Å². The van der Waals surface area contributed by atoms with Gasteiger partial charge in [-0.25, -0.2) is 0 Å². The second-order valence-corrected chi connectivity index (χ2v) is 4.77. The van der Waals surface area contributed by atoms with Gasteiger partial charge in [0.15, 0.2) is 5.76 Å². The molecule has 0 fully saturated rings. The van der Waals surface area contributed by atoms with E-state index in [1.54, 1.807) is 6.26 Å². The van der Waals surface area contributed by atoms with E-state index in [2.05, 4.69) is 11.2 Å². The zero-order chi connectivity index (χ0) is 13.9. The first-order valence-electron chi connectivity index (χ1n) is 6.41. The van der Waals surface area contributed by atoms with Crippen LogP contribution in [0.3, 0.4) is 0 Å². The first-order chi connectivity index (χ1) is 9.70. The maximum absolute atomic E-state index is 5.73. The second-order valence-electron chi connectivity index (χ2n) is 4.77. The fourth-order valence-electron chi connectivity index (χ4n) is 2.09. The van der Waals surface area contributed by atoms with Crippen LogP contribution >= 0.6 is 0 Å². The average Bonchev–Trinajstić information content (AvgIpc) is 3.06. The van der Waals surface area contributed by atoms with Gasteiger partial charge in [-0.2, -0.15) is 0 Å². The summed E-state index contributed by atoms with van der Waals surface area (Å²) in [4.78, 5) is 0. The highest BCUT2D eigenvalue weighted by Gasteiger charge is 2.09. The van der Waals surface area contributed by atoms with E-state index in [1.807, 2.05) is 44.2 Å². The number of furan rings is 1. The van der Waals surface area contributed by atoms with E-state index in [-0.39, 0.29) is 0 Å². The Kier molecular flexibility index (Phi) is 3.29. The van der Waals surface area contributed by atoms with Crippen molar-refractivity contribution < 1.29 is 13.7 Å². The van der Waals surface area contributed by atoms with Crippen LogP contribution in [0.1, 0.15) is 16.8 Å². The summed E-state index contributed by atoms with van der Waals surface area (Å²) in [5, 5.41) is 3.97. The third-order valence-electron chi connectivity index (χ3n) is 2.90. The van der Waals surface area contributed by atoms with Crippen molar-refractivity contribution in [2.75, 3.05) is 0 Å². The normalized spacial score (nSPS) is 10.7. The largest absolute Gasteiger partial charge is 0.487 e. The number of hydrogen-bond acceptors (Lipinski definition) is 4. The van der Waals surface area contributed by atoms with Crippen molar-refractivity contribution in [1.82, 2.24) is 5.16 Å². The number of nitrogens with zero attached hydrogens (tertiary/aromatic N) is 1. The van der Waals surface area contributed by atoms with E-state index in [9.17, 15) is 0 Å². The van der Waals surface area contributed by atoms with Crippen molar-refractivity contribution in [1.29, 1.82) is 0 Å². The van der Waals surface area contributed by atoms with Crippen molar-refractivity contribution in [3.05, 3.63) is 59.5 Å². The summed E-state index contributed by atoms with van der Waals surface area (Å²) in [6.45, 7) is 4.46. The molecule has 0 saturated heterocycles. The molecule has 4 nitrogen and oxygen atoms in total. The van der Waals surface area contributed by atoms with Crippen LogP contribution in [0, 0.1) is 13.8 Å². The topological polar surface area (TPSA) is 48.4 Å². The molecule has 0 spiro atoms. The van der Waals surface area contributed by atoms with Gasteiger partial charge in [-0.3, -0.25) is 0 Å². The van der Waals surface area contributed by atoms with Gasteiger partial charge in [0, 0.05) is 6.07 Å². The molecule has 0 radical (unpaired) electrons. The molecule has 0 bridgehead atoms. The van der Waals surface area contributed by atoms with Crippen LogP contribution in [0.5, 0.6) is 5.75 Å². The van der Waals surface area contributed by atoms with E-state index >= 15 is 0 Å². The molecule has 3 aromatic rings. The first-order valence-corrected chi connectivity index (χ1v) is 6.41. The van der Waals surface area contributed by atoms with Crippen LogP contribution in [-0.4, -0.2) is 5.16 Å². The van der Waals surface area contributed by atoms with Crippen LogP contribution in [0.4, 0.5) is 0 Å². The Labute approximate surface area is 117 Å². The Morgan fingerprint density at radius 3 is 2.55 bits per heavy atom. The lowest BCUT2D eigenvalue weighted by Gasteiger charge is -2.06. The predicted molar refractivity (Wildman–Crippen MR) is 74.5 cm³/mol. The molecule has 3 rings (SSSR count). The Morgan fingerprint density at radius 1 is 1.05 bits per heavy atom. The molecular weight excluding hydrogens is 254 g/mol. The fraction of sp³-hybridized carbons (Fsp3) is 0.188. The van der Waals surface area contributed by atoms with Gasteiger partial charge in [-0.15, -0.1) is 0 Å². The van der Waals surface area contributed by atoms with Gasteiger partial charge in [0.2, 0.25) is 5.76 Å². The van der Waals surface area contributed by atoms with Crippen LogP contribution in [-0.2, 0) is 6.61 Å². The van der Waals surface area contributed by atoms with Crippen molar-refractivity contribution in [3.8, 4) is 17.3 Å². The van der Waals surface area contributed by atoms with Gasteiger partial charge in [0.25, 0.3) is 0 Å². The molecule has 0 N–H and O–H groups in total. The number of hydrogen-bond donors (Lipinski definition) is 0. The van der Waals surface area contributed by atoms with Crippen LogP contribution in [0.25, 0.3) is 11.5 Å². The van der Waals surface area contributed by atoms with E-state index < -0.39 is 0 Å². The summed E-state index contributed by atoms with van der Waals surface area (Å²) in [6.07, 6.45) is 1.60. The maximum Gasteiger partial charge on any atom is 0.202 e. The summed E-state index contributed by atoms with van der Waals surface area (Å²) in [5.41, 5.74) is 3.09. The molecule has 2 aromatic heterocycles. The Hall–Kier alpha value is -2.49. The summed E-state index contributed by atoms with van der Waals surface area (Å²) in [5.74, 6) is 2.11. The van der Waals surface area contributed by atoms with Gasteiger partial charge < -0.3 is 13.7 Å². The molecule has 0 unspecified atom stereocenters. The highest BCUT2D eigenvalue weighted by atomic mass is 16.5. The molecule has 0 amide bonds. The highest BCUT2D eigenvalue weighted by molar-refractivity contribution is 5.49. The van der Waals surface area contributed by atoms with Crippen molar-refractivity contribution in [2.24, 2.45) is 0 Å². The van der Waals surface area contributed by atoms with Crippen LogP contribution in [0.15, 0.2) is 51.6 Å². The number of aromatic nitrogens is 1. The molecule has 0 saturated carbocycles. The lowest BCUT2D eigenvalue weighted by molar-refractivity contribution is 0.289. The zero-order valence-electron chi connectivity index (χ0n) is 11.4. The second kappa shape index (κ2) is 5.25. The fourth-order valence-corrected chi connectivity index (χ4v) is 2.09. The van der Waals surface area contributed by atoms with Gasteiger partial charge in [-0.1, -0.05) is 11.2 Å².